The van der Waals surface area contributed by atoms with Crippen molar-refractivity contribution < 1.29 is 19.8 Å². The average Bonchev–Trinajstić information content (AvgIpc) is 2.75. The van der Waals surface area contributed by atoms with Crippen LogP contribution in [0.1, 0.15) is 64.1 Å². The van der Waals surface area contributed by atoms with Gasteiger partial charge in [0.05, 0.1) is 11.1 Å². The van der Waals surface area contributed by atoms with Crippen LogP contribution >= 0.6 is 0 Å². The SMILES string of the molecule is CCCc1cc(C)c(CCC)c(-c2ccccc2C(=O)O)c1-c1ccccc1C(=O)O. The highest BCUT2D eigenvalue weighted by Gasteiger charge is 2.24. The van der Waals surface area contributed by atoms with Crippen LogP contribution in [0.5, 0.6) is 0 Å². The molecule has 2 N–H and O–H groups in total. The maximum absolute atomic E-state index is 12.1. The Morgan fingerprint density at radius 1 is 0.742 bits per heavy atom. The van der Waals surface area contributed by atoms with E-state index in [2.05, 4.69) is 26.8 Å². The van der Waals surface area contributed by atoms with Gasteiger partial charge in [-0.1, -0.05) is 69.2 Å². The molecule has 3 aromatic rings. The van der Waals surface area contributed by atoms with Gasteiger partial charge >= 0.3 is 11.9 Å². The summed E-state index contributed by atoms with van der Waals surface area (Å²) in [6, 6.07) is 16.2. The molecule has 0 atom stereocenters. The van der Waals surface area contributed by atoms with E-state index in [1.807, 2.05) is 24.3 Å². The third-order valence-corrected chi connectivity index (χ3v) is 5.61. The van der Waals surface area contributed by atoms with Gasteiger partial charge in [0.1, 0.15) is 0 Å². The molecule has 31 heavy (non-hydrogen) atoms. The Morgan fingerprint density at radius 3 is 1.71 bits per heavy atom. The molecule has 4 heteroatoms. The van der Waals surface area contributed by atoms with Crippen molar-refractivity contribution in [2.75, 3.05) is 0 Å². The summed E-state index contributed by atoms with van der Waals surface area (Å²) >= 11 is 0. The summed E-state index contributed by atoms with van der Waals surface area (Å²) in [6.45, 7) is 6.24. The van der Waals surface area contributed by atoms with Crippen LogP contribution in [-0.2, 0) is 12.8 Å². The van der Waals surface area contributed by atoms with Gasteiger partial charge in [-0.2, -0.15) is 0 Å². The Labute approximate surface area is 183 Å². The van der Waals surface area contributed by atoms with Crippen molar-refractivity contribution in [2.24, 2.45) is 0 Å². The average molecular weight is 417 g/mol. The molecule has 0 aliphatic rings. The maximum Gasteiger partial charge on any atom is 0.336 e. The number of aromatic carboxylic acids is 2. The van der Waals surface area contributed by atoms with Crippen molar-refractivity contribution in [1.29, 1.82) is 0 Å². The van der Waals surface area contributed by atoms with Crippen LogP contribution in [-0.4, -0.2) is 22.2 Å². The van der Waals surface area contributed by atoms with E-state index in [1.165, 1.54) is 0 Å². The van der Waals surface area contributed by atoms with E-state index in [-0.39, 0.29) is 11.1 Å². The van der Waals surface area contributed by atoms with Crippen molar-refractivity contribution >= 4 is 11.9 Å². The summed E-state index contributed by atoms with van der Waals surface area (Å²) in [5.74, 6) is -1.98. The van der Waals surface area contributed by atoms with Crippen LogP contribution in [0.25, 0.3) is 22.3 Å². The van der Waals surface area contributed by atoms with E-state index >= 15 is 0 Å². The van der Waals surface area contributed by atoms with E-state index < -0.39 is 11.9 Å². The second-order valence-corrected chi connectivity index (χ2v) is 7.78. The summed E-state index contributed by atoms with van der Waals surface area (Å²) < 4.78 is 0. The van der Waals surface area contributed by atoms with Crippen LogP contribution in [0.3, 0.4) is 0 Å². The van der Waals surface area contributed by atoms with Gasteiger partial charge in [0, 0.05) is 0 Å². The van der Waals surface area contributed by atoms with Gasteiger partial charge in [0.25, 0.3) is 0 Å². The summed E-state index contributed by atoms with van der Waals surface area (Å²) in [4.78, 5) is 24.2. The van der Waals surface area contributed by atoms with E-state index in [0.717, 1.165) is 53.5 Å². The fourth-order valence-electron chi connectivity index (χ4n) is 4.35. The predicted octanol–water partition coefficient (Wildman–Crippen LogP) is 6.63. The van der Waals surface area contributed by atoms with Gasteiger partial charge in [0.15, 0.2) is 0 Å². The largest absolute Gasteiger partial charge is 0.478 e. The van der Waals surface area contributed by atoms with Crippen molar-refractivity contribution in [1.82, 2.24) is 0 Å². The lowest BCUT2D eigenvalue weighted by molar-refractivity contribution is 0.0686. The van der Waals surface area contributed by atoms with Crippen molar-refractivity contribution in [3.8, 4) is 22.3 Å². The summed E-state index contributed by atoms with van der Waals surface area (Å²) in [7, 11) is 0. The molecule has 0 bridgehead atoms. The lowest BCUT2D eigenvalue weighted by atomic mass is 9.80. The highest BCUT2D eigenvalue weighted by Crippen LogP contribution is 2.43. The van der Waals surface area contributed by atoms with Gasteiger partial charge in [-0.25, -0.2) is 9.59 Å². The molecule has 160 valence electrons. The first-order valence-electron chi connectivity index (χ1n) is 10.7. The predicted molar refractivity (Wildman–Crippen MR) is 124 cm³/mol. The fraction of sp³-hybridized carbons (Fsp3) is 0.259. The fourth-order valence-corrected chi connectivity index (χ4v) is 4.35. The first-order chi connectivity index (χ1) is 14.9. The van der Waals surface area contributed by atoms with Gasteiger partial charge in [-0.3, -0.25) is 0 Å². The third kappa shape index (κ3) is 4.38. The number of benzene rings is 3. The van der Waals surface area contributed by atoms with Crippen molar-refractivity contribution in [3.05, 3.63) is 82.4 Å². The topological polar surface area (TPSA) is 74.6 Å². The molecule has 0 aliphatic carbocycles. The monoisotopic (exact) mass is 416 g/mol. The molecule has 4 nitrogen and oxygen atoms in total. The summed E-state index contributed by atoms with van der Waals surface area (Å²) in [6.07, 6.45) is 3.35. The first-order valence-corrected chi connectivity index (χ1v) is 10.7. The number of carboxylic acid groups (broad SMARTS) is 2. The van der Waals surface area contributed by atoms with Crippen LogP contribution in [0.15, 0.2) is 54.6 Å². The number of carboxylic acids is 2. The molecule has 0 spiro atoms. The van der Waals surface area contributed by atoms with Gasteiger partial charge in [0.2, 0.25) is 0 Å². The Balaban J connectivity index is 2.55. The quantitative estimate of drug-likeness (QED) is 0.432. The maximum atomic E-state index is 12.1. The van der Waals surface area contributed by atoms with Crippen molar-refractivity contribution in [3.63, 3.8) is 0 Å². The van der Waals surface area contributed by atoms with Crippen LogP contribution < -0.4 is 0 Å². The Morgan fingerprint density at radius 2 is 1.23 bits per heavy atom. The minimum atomic E-state index is -0.992. The highest BCUT2D eigenvalue weighted by atomic mass is 16.4. The van der Waals surface area contributed by atoms with E-state index in [0.29, 0.717) is 11.1 Å². The molecule has 0 aromatic heterocycles. The number of carbonyl (C=O) groups is 2. The molecule has 0 saturated carbocycles. The zero-order valence-corrected chi connectivity index (χ0v) is 18.2. The molecular weight excluding hydrogens is 388 g/mol. The lowest BCUT2D eigenvalue weighted by Gasteiger charge is -2.24. The number of hydrogen-bond acceptors (Lipinski definition) is 2. The Kier molecular flexibility index (Phi) is 6.91. The van der Waals surface area contributed by atoms with E-state index in [4.69, 9.17) is 0 Å². The number of aryl methyl sites for hydroxylation is 2. The van der Waals surface area contributed by atoms with Crippen molar-refractivity contribution in [2.45, 2.75) is 46.5 Å². The standard InChI is InChI=1S/C27H28O4/c1-4-10-18-16-17(3)19(11-5-2)25(21-13-7-9-15-23(21)27(30)31)24(18)20-12-6-8-14-22(20)26(28)29/h6-9,12-16H,4-5,10-11H2,1-3H3,(H,28,29)(H,30,31). The molecule has 0 amide bonds. The van der Waals surface area contributed by atoms with E-state index in [1.54, 1.807) is 24.3 Å². The minimum Gasteiger partial charge on any atom is -0.478 e. The zero-order chi connectivity index (χ0) is 22.5. The molecular formula is C27H28O4. The number of hydrogen-bond donors (Lipinski definition) is 2. The van der Waals surface area contributed by atoms with Gasteiger partial charge in [-0.05, 0) is 70.8 Å². The lowest BCUT2D eigenvalue weighted by Crippen LogP contribution is -2.08. The zero-order valence-electron chi connectivity index (χ0n) is 18.2. The second-order valence-electron chi connectivity index (χ2n) is 7.78. The Hall–Kier alpha value is -3.40. The summed E-state index contributed by atoms with van der Waals surface area (Å²) in [5.41, 5.74) is 6.62. The van der Waals surface area contributed by atoms with Crippen LogP contribution in [0.4, 0.5) is 0 Å². The first kappa shape index (κ1) is 22.3. The molecule has 0 unspecified atom stereocenters. The Bertz CT molecular complexity index is 1130. The second kappa shape index (κ2) is 9.61. The molecule has 0 radical (unpaired) electrons. The van der Waals surface area contributed by atoms with Gasteiger partial charge < -0.3 is 10.2 Å². The van der Waals surface area contributed by atoms with E-state index in [9.17, 15) is 19.8 Å². The van der Waals surface area contributed by atoms with Crippen LogP contribution in [0.2, 0.25) is 0 Å². The van der Waals surface area contributed by atoms with Gasteiger partial charge in [-0.15, -0.1) is 0 Å². The molecule has 0 heterocycles. The smallest absolute Gasteiger partial charge is 0.336 e. The van der Waals surface area contributed by atoms with Crippen LogP contribution in [0, 0.1) is 6.92 Å². The third-order valence-electron chi connectivity index (χ3n) is 5.61. The molecule has 0 fully saturated rings. The molecule has 0 saturated heterocycles. The molecule has 3 aromatic carbocycles. The number of rotatable bonds is 8. The minimum absolute atomic E-state index is 0.222. The highest BCUT2D eigenvalue weighted by molar-refractivity contribution is 6.04. The summed E-state index contributed by atoms with van der Waals surface area (Å²) in [5, 5.41) is 19.8. The molecule has 0 aliphatic heterocycles. The normalized spacial score (nSPS) is 10.8. The molecule has 3 rings (SSSR count).